The van der Waals surface area contributed by atoms with Crippen molar-refractivity contribution in [2.75, 3.05) is 0 Å². The maximum Gasteiger partial charge on any atom is 0.164 e. The minimum atomic E-state index is 0.00909. The molecule has 8 aromatic carbocycles. The Morgan fingerprint density at radius 1 is 0.436 bits per heavy atom. The van der Waals surface area contributed by atoms with Crippen LogP contribution in [-0.4, -0.2) is 15.0 Å². The van der Waals surface area contributed by atoms with Gasteiger partial charge in [-0.2, -0.15) is 0 Å². The zero-order valence-corrected chi connectivity index (χ0v) is 29.9. The Kier molecular flexibility index (Phi) is 7.27. The van der Waals surface area contributed by atoms with Crippen LogP contribution >= 0.6 is 0 Å². The maximum absolute atomic E-state index is 6.66. The first-order chi connectivity index (χ1) is 27.2. The Balaban J connectivity index is 1.12. The van der Waals surface area contributed by atoms with E-state index in [1.165, 1.54) is 27.0 Å². The summed E-state index contributed by atoms with van der Waals surface area (Å²) in [4.78, 5) is 15.8. The Labute approximate surface area is 317 Å². The molecule has 258 valence electrons. The molecule has 0 aliphatic heterocycles. The van der Waals surface area contributed by atoms with Crippen molar-refractivity contribution in [3.63, 3.8) is 0 Å². The van der Waals surface area contributed by atoms with Gasteiger partial charge in [0, 0.05) is 33.2 Å². The van der Waals surface area contributed by atoms with Crippen LogP contribution in [0.3, 0.4) is 0 Å². The van der Waals surface area contributed by atoms with Gasteiger partial charge >= 0.3 is 0 Å². The number of rotatable bonds is 5. The molecule has 2 heterocycles. The first-order valence-corrected chi connectivity index (χ1v) is 18.8. The third kappa shape index (κ3) is 5.50. The molecular weight excluding hydrogens is 671 g/mol. The average Bonchev–Trinajstić information content (AvgIpc) is 3.64. The molecule has 2 aromatic heterocycles. The third-order valence-electron chi connectivity index (χ3n) is 11.0. The molecule has 55 heavy (non-hydrogen) atoms. The quantitative estimate of drug-likeness (QED) is 0.179. The summed E-state index contributed by atoms with van der Waals surface area (Å²) >= 11 is 0. The second-order valence-electron chi connectivity index (χ2n) is 14.4. The van der Waals surface area contributed by atoms with Crippen LogP contribution in [0.15, 0.2) is 174 Å². The van der Waals surface area contributed by atoms with E-state index in [2.05, 4.69) is 182 Å². The molecule has 1 aliphatic rings. The highest BCUT2D eigenvalue weighted by atomic mass is 16.3. The van der Waals surface area contributed by atoms with Gasteiger partial charge in [0.1, 0.15) is 17.0 Å². The summed E-state index contributed by atoms with van der Waals surface area (Å²) in [6, 6.07) is 59.8. The van der Waals surface area contributed by atoms with Crippen molar-refractivity contribution in [1.29, 1.82) is 0 Å². The summed E-state index contributed by atoms with van der Waals surface area (Å²) < 4.78 is 6.66. The predicted octanol–water partition coefficient (Wildman–Crippen LogP) is 11.5. The van der Waals surface area contributed by atoms with E-state index < -0.39 is 0 Å². The summed E-state index contributed by atoms with van der Waals surface area (Å²) in [5, 5.41) is 8.94. The minimum Gasteiger partial charge on any atom is -0.455 e. The summed E-state index contributed by atoms with van der Waals surface area (Å²) in [6.07, 6.45) is 5.42. The minimum absolute atomic E-state index is 0.00909. The average molecular weight is 704 g/mol. The molecule has 0 spiro atoms. The van der Waals surface area contributed by atoms with Gasteiger partial charge in [0.25, 0.3) is 0 Å². The van der Waals surface area contributed by atoms with Crippen molar-refractivity contribution < 1.29 is 4.42 Å². The molecule has 1 atom stereocenters. The topological polar surface area (TPSA) is 51.8 Å². The van der Waals surface area contributed by atoms with Crippen LogP contribution in [0.25, 0.3) is 101 Å². The van der Waals surface area contributed by atoms with E-state index in [-0.39, 0.29) is 5.92 Å². The van der Waals surface area contributed by atoms with Gasteiger partial charge in [-0.15, -0.1) is 0 Å². The molecule has 1 unspecified atom stereocenters. The van der Waals surface area contributed by atoms with E-state index in [4.69, 9.17) is 19.4 Å². The van der Waals surface area contributed by atoms with Gasteiger partial charge in [0.15, 0.2) is 11.6 Å². The molecule has 11 rings (SSSR count). The van der Waals surface area contributed by atoms with E-state index in [0.29, 0.717) is 11.6 Å². The first kappa shape index (κ1) is 31.4. The van der Waals surface area contributed by atoms with Gasteiger partial charge < -0.3 is 4.42 Å². The Morgan fingerprint density at radius 2 is 1.13 bits per heavy atom. The standard InChI is InChI=1S/C51H33N3O/c1-2-11-32(12-3-1)37-17-10-18-38(27-37)39-25-26-47-44(30-39)45-31-46(42-19-8-9-20-43(42)48(45)55-47)51-53-49(40-23-21-33-13-4-6-15-35(33)28-40)52-50(54-51)41-24-22-34-14-5-7-16-36(34)29-41/h1-23,25-31,41H,24H2. The third-order valence-corrected chi connectivity index (χ3v) is 11.0. The monoisotopic (exact) mass is 703 g/mol. The van der Waals surface area contributed by atoms with Crippen molar-refractivity contribution in [2.24, 2.45) is 0 Å². The van der Waals surface area contributed by atoms with Gasteiger partial charge in [-0.3, -0.25) is 0 Å². The zero-order valence-electron chi connectivity index (χ0n) is 29.9. The highest BCUT2D eigenvalue weighted by molar-refractivity contribution is 6.19. The number of furan rings is 1. The Hall–Kier alpha value is -7.17. The molecule has 10 aromatic rings. The highest BCUT2D eigenvalue weighted by Crippen LogP contribution is 2.41. The molecule has 0 bridgehead atoms. The van der Waals surface area contributed by atoms with Crippen LogP contribution < -0.4 is 10.4 Å². The van der Waals surface area contributed by atoms with Gasteiger partial charge in [0.2, 0.25) is 0 Å². The number of aromatic nitrogens is 3. The van der Waals surface area contributed by atoms with Gasteiger partial charge in [0.05, 0.1) is 0 Å². The molecule has 0 saturated heterocycles. The first-order valence-electron chi connectivity index (χ1n) is 18.8. The lowest BCUT2D eigenvalue weighted by Crippen LogP contribution is -2.28. The second kappa shape index (κ2) is 12.8. The van der Waals surface area contributed by atoms with Crippen LogP contribution in [0.1, 0.15) is 18.2 Å². The number of hydrogen-bond donors (Lipinski definition) is 0. The van der Waals surface area contributed by atoms with Gasteiger partial charge in [-0.25, -0.2) is 15.0 Å². The van der Waals surface area contributed by atoms with Crippen LogP contribution in [0.5, 0.6) is 0 Å². The van der Waals surface area contributed by atoms with Crippen molar-refractivity contribution in [1.82, 2.24) is 15.0 Å². The fraction of sp³-hybridized carbons (Fsp3) is 0.0392. The molecule has 4 nitrogen and oxygen atoms in total. The lowest BCUT2D eigenvalue weighted by Gasteiger charge is -2.16. The normalized spacial score (nSPS) is 13.9. The van der Waals surface area contributed by atoms with E-state index in [1.54, 1.807) is 0 Å². The summed E-state index contributed by atoms with van der Waals surface area (Å²) in [5.41, 5.74) is 8.30. The van der Waals surface area contributed by atoms with Crippen LogP contribution in [0.4, 0.5) is 0 Å². The largest absolute Gasteiger partial charge is 0.455 e. The lowest BCUT2D eigenvalue weighted by molar-refractivity contribution is 0.672. The number of hydrogen-bond acceptors (Lipinski definition) is 4. The van der Waals surface area contributed by atoms with Crippen molar-refractivity contribution in [2.45, 2.75) is 12.3 Å². The molecule has 0 fully saturated rings. The summed E-state index contributed by atoms with van der Waals surface area (Å²) in [6.45, 7) is 0. The number of fused-ring (bicyclic) bond motifs is 7. The van der Waals surface area contributed by atoms with Gasteiger partial charge in [-0.1, -0.05) is 152 Å². The summed E-state index contributed by atoms with van der Waals surface area (Å²) in [5.74, 6) is 2.09. The lowest BCUT2D eigenvalue weighted by atomic mass is 9.95. The van der Waals surface area contributed by atoms with Crippen molar-refractivity contribution in [3.8, 4) is 45.0 Å². The van der Waals surface area contributed by atoms with Crippen LogP contribution in [0, 0.1) is 0 Å². The molecule has 1 aliphatic carbocycles. The fourth-order valence-corrected chi connectivity index (χ4v) is 8.17. The van der Waals surface area contributed by atoms with E-state index in [9.17, 15) is 0 Å². The fourth-order valence-electron chi connectivity index (χ4n) is 8.17. The molecular formula is C51H33N3O. The van der Waals surface area contributed by atoms with E-state index in [0.717, 1.165) is 72.6 Å². The maximum atomic E-state index is 6.66. The number of nitrogens with zero attached hydrogens (tertiary/aromatic N) is 3. The predicted molar refractivity (Wildman–Crippen MR) is 226 cm³/mol. The molecule has 0 N–H and O–H groups in total. The van der Waals surface area contributed by atoms with Crippen molar-refractivity contribution >= 4 is 55.6 Å². The highest BCUT2D eigenvalue weighted by Gasteiger charge is 2.22. The second-order valence-corrected chi connectivity index (χ2v) is 14.4. The van der Waals surface area contributed by atoms with Crippen LogP contribution in [0.2, 0.25) is 0 Å². The zero-order chi connectivity index (χ0) is 36.3. The van der Waals surface area contributed by atoms with E-state index >= 15 is 0 Å². The summed E-state index contributed by atoms with van der Waals surface area (Å²) in [7, 11) is 0. The smallest absolute Gasteiger partial charge is 0.164 e. The molecule has 0 radical (unpaired) electrons. The number of benzene rings is 8. The van der Waals surface area contributed by atoms with Gasteiger partial charge in [-0.05, 0) is 85.6 Å². The molecule has 4 heteroatoms. The SMILES string of the molecule is C1=c2ccccc2=CC(c2nc(-c3ccc4ccccc4c3)nc(-c3cc4c5cc(-c6cccc(-c7ccccc7)c6)ccc5oc4c4ccccc34)n2)C1. The molecule has 0 saturated carbocycles. The van der Waals surface area contributed by atoms with Crippen molar-refractivity contribution in [3.05, 3.63) is 186 Å². The molecule has 0 amide bonds. The Bertz CT molecular complexity index is 3250. The van der Waals surface area contributed by atoms with Crippen LogP contribution in [-0.2, 0) is 0 Å². The van der Waals surface area contributed by atoms with E-state index in [1.807, 2.05) is 0 Å². The Morgan fingerprint density at radius 3 is 2.02 bits per heavy atom.